The smallest absolute Gasteiger partial charge is 0.414 e. The predicted molar refractivity (Wildman–Crippen MR) is 134 cm³/mol. The molecule has 11 heteroatoms. The molecule has 0 aliphatic carbocycles. The van der Waals surface area contributed by atoms with E-state index in [1.54, 1.807) is 30.3 Å². The summed E-state index contributed by atoms with van der Waals surface area (Å²) in [6.07, 6.45) is 0.178. The zero-order valence-electron chi connectivity index (χ0n) is 20.1. The second-order valence-electron chi connectivity index (χ2n) is 8.42. The lowest BCUT2D eigenvalue weighted by atomic mass is 9.99. The number of fused-ring (bicyclic) bond motifs is 1. The van der Waals surface area contributed by atoms with Crippen LogP contribution < -0.4 is 16.0 Å². The van der Waals surface area contributed by atoms with Crippen LogP contribution in [0.1, 0.15) is 6.92 Å². The minimum Gasteiger partial charge on any atom is -0.442 e. The number of hydrogen-bond acceptors (Lipinski definition) is 5. The normalized spacial score (nSPS) is 14.6. The summed E-state index contributed by atoms with van der Waals surface area (Å²) < 4.78 is 59.3. The molecule has 4 aromatic rings. The lowest BCUT2D eigenvalue weighted by molar-refractivity contribution is -0.119. The third kappa shape index (κ3) is 6.00. The molecule has 5 rings (SSSR count). The maximum Gasteiger partial charge on any atom is 0.414 e. The Morgan fingerprint density at radius 1 is 1.05 bits per heavy atom. The standard InChI is InChI=1S/C21H17F2N3O3.C6H5F2N/c1-12(27)25-10-14-11-26(21(28)29-14)13-8-17(22)20(18(23)9-13)16-6-7-24-19-5-3-2-4-15(16)19;7-4-1-5(8)3-6(9)2-4/h2-9,14H,10-11H2,1H3,(H,25,27);1-3H,9H2. The molecule has 2 heterocycles. The number of cyclic esters (lactones) is 1. The average Bonchev–Trinajstić information content (AvgIpc) is 3.22. The largest absolute Gasteiger partial charge is 0.442 e. The molecule has 2 amide bonds. The van der Waals surface area contributed by atoms with Crippen LogP contribution in [0.3, 0.4) is 0 Å². The molecule has 1 aliphatic rings. The van der Waals surface area contributed by atoms with Crippen LogP contribution in [0.25, 0.3) is 22.0 Å². The van der Waals surface area contributed by atoms with E-state index in [2.05, 4.69) is 10.3 Å². The zero-order valence-corrected chi connectivity index (χ0v) is 20.1. The van der Waals surface area contributed by atoms with Crippen molar-refractivity contribution in [3.8, 4) is 11.1 Å². The molecule has 0 bridgehead atoms. The van der Waals surface area contributed by atoms with Gasteiger partial charge < -0.3 is 15.8 Å². The third-order valence-electron chi connectivity index (χ3n) is 5.59. The van der Waals surface area contributed by atoms with Crippen LogP contribution in [0.15, 0.2) is 66.9 Å². The monoisotopic (exact) mass is 526 g/mol. The SMILES string of the molecule is CC(=O)NCC1CN(c2cc(F)c(-c3ccnc4ccccc34)c(F)c2)C(=O)O1.Nc1cc(F)cc(F)c1. The molecule has 3 aromatic carbocycles. The first kappa shape index (κ1) is 26.4. The fourth-order valence-electron chi connectivity index (χ4n) is 3.96. The van der Waals surface area contributed by atoms with Crippen molar-refractivity contribution in [2.45, 2.75) is 13.0 Å². The van der Waals surface area contributed by atoms with Crippen molar-refractivity contribution in [1.82, 2.24) is 10.3 Å². The Kier molecular flexibility index (Phi) is 7.75. The highest BCUT2D eigenvalue weighted by Crippen LogP contribution is 2.35. The molecular weight excluding hydrogens is 504 g/mol. The number of para-hydroxylation sites is 1. The molecule has 196 valence electrons. The molecule has 1 atom stereocenters. The summed E-state index contributed by atoms with van der Waals surface area (Å²) in [6, 6.07) is 13.7. The molecule has 0 spiro atoms. The highest BCUT2D eigenvalue weighted by atomic mass is 19.1. The van der Waals surface area contributed by atoms with Crippen LogP contribution in [0, 0.1) is 23.3 Å². The number of anilines is 2. The van der Waals surface area contributed by atoms with E-state index in [1.165, 1.54) is 13.1 Å². The highest BCUT2D eigenvalue weighted by molar-refractivity contribution is 5.95. The zero-order chi connectivity index (χ0) is 27.4. The Bertz CT molecular complexity index is 1440. The Morgan fingerprint density at radius 3 is 2.34 bits per heavy atom. The van der Waals surface area contributed by atoms with Crippen LogP contribution in [-0.4, -0.2) is 36.2 Å². The average molecular weight is 526 g/mol. The molecule has 1 fully saturated rings. The Hall–Kier alpha value is -4.67. The van der Waals surface area contributed by atoms with Crippen molar-refractivity contribution in [2.75, 3.05) is 23.7 Å². The Labute approximate surface area is 214 Å². The fraction of sp³-hybridized carbons (Fsp3) is 0.148. The van der Waals surface area contributed by atoms with Gasteiger partial charge >= 0.3 is 6.09 Å². The van der Waals surface area contributed by atoms with E-state index in [9.17, 15) is 27.2 Å². The first-order valence-electron chi connectivity index (χ1n) is 11.4. The van der Waals surface area contributed by atoms with E-state index in [0.717, 1.165) is 35.2 Å². The minimum atomic E-state index is -0.797. The van der Waals surface area contributed by atoms with Gasteiger partial charge in [-0.05, 0) is 42.0 Å². The van der Waals surface area contributed by atoms with Gasteiger partial charge in [0, 0.05) is 30.3 Å². The topological polar surface area (TPSA) is 97.5 Å². The molecule has 1 aliphatic heterocycles. The van der Waals surface area contributed by atoms with Crippen LogP contribution in [-0.2, 0) is 9.53 Å². The molecular formula is C27H22F4N4O3. The van der Waals surface area contributed by atoms with Gasteiger partial charge in [-0.15, -0.1) is 0 Å². The number of carbonyl (C=O) groups is 2. The van der Waals surface area contributed by atoms with E-state index < -0.39 is 35.5 Å². The van der Waals surface area contributed by atoms with E-state index >= 15 is 0 Å². The lowest BCUT2D eigenvalue weighted by Crippen LogP contribution is -2.33. The van der Waals surface area contributed by atoms with Gasteiger partial charge in [-0.2, -0.15) is 0 Å². The van der Waals surface area contributed by atoms with Crippen molar-refractivity contribution in [3.05, 3.63) is 90.1 Å². The maximum absolute atomic E-state index is 15.0. The lowest BCUT2D eigenvalue weighted by Gasteiger charge is -2.16. The number of ether oxygens (including phenoxy) is 1. The van der Waals surface area contributed by atoms with Crippen molar-refractivity contribution in [1.29, 1.82) is 0 Å². The molecule has 0 radical (unpaired) electrons. The molecule has 3 N–H and O–H groups in total. The number of amides is 2. The first-order valence-corrected chi connectivity index (χ1v) is 11.4. The summed E-state index contributed by atoms with van der Waals surface area (Å²) in [7, 11) is 0. The van der Waals surface area contributed by atoms with Gasteiger partial charge in [0.05, 0.1) is 29.9 Å². The van der Waals surface area contributed by atoms with Crippen molar-refractivity contribution >= 4 is 34.3 Å². The summed E-state index contributed by atoms with van der Waals surface area (Å²) in [5, 5.41) is 3.18. The summed E-state index contributed by atoms with van der Waals surface area (Å²) in [5.41, 5.74) is 6.05. The van der Waals surface area contributed by atoms with Gasteiger partial charge in [0.25, 0.3) is 0 Å². The number of hydrogen-bond donors (Lipinski definition) is 2. The summed E-state index contributed by atoms with van der Waals surface area (Å²) in [5.74, 6) is -3.14. The van der Waals surface area contributed by atoms with Gasteiger partial charge in [-0.1, -0.05) is 18.2 Å². The van der Waals surface area contributed by atoms with Crippen molar-refractivity contribution in [3.63, 3.8) is 0 Å². The summed E-state index contributed by atoms with van der Waals surface area (Å²) in [4.78, 5) is 28.5. The summed E-state index contributed by atoms with van der Waals surface area (Å²) in [6.45, 7) is 1.56. The highest BCUT2D eigenvalue weighted by Gasteiger charge is 2.33. The Morgan fingerprint density at radius 2 is 1.71 bits per heavy atom. The van der Waals surface area contributed by atoms with Crippen LogP contribution in [0.4, 0.5) is 33.7 Å². The van der Waals surface area contributed by atoms with Gasteiger partial charge in [0.1, 0.15) is 29.4 Å². The van der Waals surface area contributed by atoms with E-state index in [4.69, 9.17) is 10.5 Å². The molecule has 7 nitrogen and oxygen atoms in total. The number of aromatic nitrogens is 1. The molecule has 1 saturated heterocycles. The fourth-order valence-corrected chi connectivity index (χ4v) is 3.96. The predicted octanol–water partition coefficient (Wildman–Crippen LogP) is 5.19. The third-order valence-corrected chi connectivity index (χ3v) is 5.59. The second-order valence-corrected chi connectivity index (χ2v) is 8.42. The maximum atomic E-state index is 15.0. The van der Waals surface area contributed by atoms with Crippen LogP contribution in [0.5, 0.6) is 0 Å². The number of nitrogens with zero attached hydrogens (tertiary/aromatic N) is 2. The molecule has 0 saturated carbocycles. The van der Waals surface area contributed by atoms with E-state index in [0.29, 0.717) is 16.5 Å². The quantitative estimate of drug-likeness (QED) is 0.282. The number of nitrogens with one attached hydrogen (secondary N) is 1. The van der Waals surface area contributed by atoms with Gasteiger partial charge in [-0.3, -0.25) is 14.7 Å². The Balaban J connectivity index is 0.000000317. The number of halogens is 4. The number of pyridine rings is 1. The number of nitrogens with two attached hydrogens (primary N) is 1. The van der Waals surface area contributed by atoms with Gasteiger partial charge in [0.2, 0.25) is 5.91 Å². The molecule has 38 heavy (non-hydrogen) atoms. The first-order chi connectivity index (χ1) is 18.1. The number of benzene rings is 3. The number of carbonyl (C=O) groups excluding carboxylic acids is 2. The van der Waals surface area contributed by atoms with Crippen LogP contribution in [0.2, 0.25) is 0 Å². The number of nitrogen functional groups attached to an aromatic ring is 1. The molecule has 1 unspecified atom stereocenters. The molecule has 1 aromatic heterocycles. The van der Waals surface area contributed by atoms with E-state index in [-0.39, 0.29) is 35.9 Å². The second kappa shape index (κ2) is 11.2. The minimum absolute atomic E-state index is 0.0532. The number of rotatable bonds is 4. The van der Waals surface area contributed by atoms with Gasteiger partial charge in [0.15, 0.2) is 0 Å². The van der Waals surface area contributed by atoms with Crippen molar-refractivity contribution in [2.24, 2.45) is 0 Å². The van der Waals surface area contributed by atoms with Crippen molar-refractivity contribution < 1.29 is 31.9 Å². The van der Waals surface area contributed by atoms with Crippen LogP contribution >= 0.6 is 0 Å². The van der Waals surface area contributed by atoms with Gasteiger partial charge in [-0.25, -0.2) is 22.4 Å². The van der Waals surface area contributed by atoms with E-state index in [1.807, 2.05) is 0 Å². The summed E-state index contributed by atoms with van der Waals surface area (Å²) >= 11 is 0.